The lowest BCUT2D eigenvalue weighted by Gasteiger charge is -2.06. The molecule has 0 saturated heterocycles. The van der Waals surface area contributed by atoms with Gasteiger partial charge in [0.1, 0.15) is 34.6 Å². The molecule has 2 aromatic heterocycles. The Kier molecular flexibility index (Phi) is 5.00. The summed E-state index contributed by atoms with van der Waals surface area (Å²) in [4.78, 5) is 8.90. The number of aromatic nitrogens is 2. The molecular formula is C19H10N6S. The molecule has 0 aliphatic heterocycles. The Morgan fingerprint density at radius 1 is 0.962 bits per heavy atom. The van der Waals surface area contributed by atoms with Gasteiger partial charge >= 0.3 is 0 Å². The van der Waals surface area contributed by atoms with E-state index in [1.165, 1.54) is 11.3 Å². The standard InChI is InChI=1S/C19H10N6S/c20-9-14(10-21)17(11-22)24-15-5-3-4-13(8-15)19-25-18(12-26-19)16-6-1-2-7-23-16/h1-8,12,24H. The van der Waals surface area contributed by atoms with Crippen LogP contribution in [0.3, 0.4) is 0 Å². The highest BCUT2D eigenvalue weighted by molar-refractivity contribution is 7.13. The quantitative estimate of drug-likeness (QED) is 0.706. The number of nitriles is 3. The third kappa shape index (κ3) is 3.57. The van der Waals surface area contributed by atoms with Crippen LogP contribution in [0.2, 0.25) is 0 Å². The second kappa shape index (κ2) is 7.72. The molecule has 6 nitrogen and oxygen atoms in total. The van der Waals surface area contributed by atoms with Crippen LogP contribution in [-0.2, 0) is 0 Å². The lowest BCUT2D eigenvalue weighted by molar-refractivity contribution is 1.28. The van der Waals surface area contributed by atoms with Gasteiger partial charge < -0.3 is 5.32 Å². The van der Waals surface area contributed by atoms with Crippen molar-refractivity contribution < 1.29 is 0 Å². The molecule has 0 bridgehead atoms. The fraction of sp³-hybridized carbons (Fsp3) is 0. The fourth-order valence-electron chi connectivity index (χ4n) is 2.20. The van der Waals surface area contributed by atoms with Gasteiger partial charge in [-0.25, -0.2) is 4.98 Å². The van der Waals surface area contributed by atoms with Gasteiger partial charge in [0.15, 0.2) is 5.57 Å². The maximum absolute atomic E-state index is 9.15. The highest BCUT2D eigenvalue weighted by Gasteiger charge is 2.10. The van der Waals surface area contributed by atoms with Crippen LogP contribution in [0.1, 0.15) is 0 Å². The number of allylic oxidation sites excluding steroid dienone is 2. The van der Waals surface area contributed by atoms with Gasteiger partial charge in [0, 0.05) is 22.8 Å². The predicted octanol–water partition coefficient (Wildman–Crippen LogP) is 4.11. The summed E-state index contributed by atoms with van der Waals surface area (Å²) in [5.41, 5.74) is 2.70. The lowest BCUT2D eigenvalue weighted by Crippen LogP contribution is -2.00. The van der Waals surface area contributed by atoms with E-state index in [9.17, 15) is 0 Å². The van der Waals surface area contributed by atoms with Crippen LogP contribution in [0.5, 0.6) is 0 Å². The van der Waals surface area contributed by atoms with Crippen molar-refractivity contribution in [3.05, 3.63) is 65.3 Å². The van der Waals surface area contributed by atoms with Gasteiger partial charge in [-0.05, 0) is 24.3 Å². The van der Waals surface area contributed by atoms with Gasteiger partial charge in [0.25, 0.3) is 0 Å². The molecule has 1 N–H and O–H groups in total. The molecule has 1 aromatic carbocycles. The van der Waals surface area contributed by atoms with E-state index in [2.05, 4.69) is 15.3 Å². The number of anilines is 1. The summed E-state index contributed by atoms with van der Waals surface area (Å²) < 4.78 is 0. The maximum Gasteiger partial charge on any atom is 0.163 e. The maximum atomic E-state index is 9.15. The predicted molar refractivity (Wildman–Crippen MR) is 98.3 cm³/mol. The minimum Gasteiger partial charge on any atom is -0.345 e. The van der Waals surface area contributed by atoms with Gasteiger partial charge in [-0.15, -0.1) is 11.3 Å². The Morgan fingerprint density at radius 3 is 2.50 bits per heavy atom. The first-order chi connectivity index (χ1) is 12.7. The van der Waals surface area contributed by atoms with Crippen molar-refractivity contribution >= 4 is 17.0 Å². The normalized spacial score (nSPS) is 9.42. The molecule has 26 heavy (non-hydrogen) atoms. The molecular weight excluding hydrogens is 344 g/mol. The Labute approximate surface area is 153 Å². The topological polar surface area (TPSA) is 109 Å². The number of pyridine rings is 1. The molecule has 0 spiro atoms. The summed E-state index contributed by atoms with van der Waals surface area (Å²) in [6, 6.07) is 18.2. The van der Waals surface area contributed by atoms with E-state index < -0.39 is 0 Å². The SMILES string of the molecule is N#CC(C#N)=C(C#N)Nc1cccc(-c2nc(-c3ccccn3)cs2)c1. The van der Waals surface area contributed by atoms with E-state index in [0.29, 0.717) is 5.69 Å². The summed E-state index contributed by atoms with van der Waals surface area (Å²) in [5.74, 6) is 0. The van der Waals surface area contributed by atoms with Crippen LogP contribution in [-0.4, -0.2) is 9.97 Å². The third-order valence-electron chi connectivity index (χ3n) is 3.40. The molecule has 2 heterocycles. The molecule has 0 aliphatic rings. The van der Waals surface area contributed by atoms with Gasteiger partial charge in [0.05, 0.1) is 5.69 Å². The van der Waals surface area contributed by atoms with E-state index in [-0.39, 0.29) is 11.3 Å². The molecule has 3 rings (SSSR count). The van der Waals surface area contributed by atoms with Crippen molar-refractivity contribution in [3.63, 3.8) is 0 Å². The summed E-state index contributed by atoms with van der Waals surface area (Å²) in [6.45, 7) is 0. The van der Waals surface area contributed by atoms with Crippen LogP contribution in [0.25, 0.3) is 22.0 Å². The second-order valence-corrected chi connectivity index (χ2v) is 5.90. The summed E-state index contributed by atoms with van der Waals surface area (Å²) in [6.07, 6.45) is 1.72. The Hall–Kier alpha value is -3.99. The van der Waals surface area contributed by atoms with Crippen molar-refractivity contribution in [1.82, 2.24) is 9.97 Å². The molecule has 0 amide bonds. The van der Waals surface area contributed by atoms with Crippen molar-refractivity contribution in [2.75, 3.05) is 5.32 Å². The Morgan fingerprint density at radius 2 is 1.81 bits per heavy atom. The Bertz CT molecular complexity index is 1080. The number of benzene rings is 1. The largest absolute Gasteiger partial charge is 0.345 e. The first kappa shape index (κ1) is 16.9. The van der Waals surface area contributed by atoms with Crippen LogP contribution < -0.4 is 5.32 Å². The number of hydrogen-bond donors (Lipinski definition) is 1. The van der Waals surface area contributed by atoms with E-state index in [1.807, 2.05) is 47.8 Å². The van der Waals surface area contributed by atoms with Crippen LogP contribution in [0.15, 0.2) is 65.3 Å². The number of thiazole rings is 1. The highest BCUT2D eigenvalue weighted by atomic mass is 32.1. The monoisotopic (exact) mass is 354 g/mol. The lowest BCUT2D eigenvalue weighted by atomic mass is 10.2. The molecule has 122 valence electrons. The van der Waals surface area contributed by atoms with Gasteiger partial charge in [-0.3, -0.25) is 4.98 Å². The van der Waals surface area contributed by atoms with E-state index in [0.717, 1.165) is 22.0 Å². The Balaban J connectivity index is 1.91. The molecule has 0 atom stereocenters. The zero-order valence-corrected chi connectivity index (χ0v) is 14.2. The highest BCUT2D eigenvalue weighted by Crippen LogP contribution is 2.29. The van der Waals surface area contributed by atoms with Crippen molar-refractivity contribution in [3.8, 4) is 40.2 Å². The third-order valence-corrected chi connectivity index (χ3v) is 4.29. The van der Waals surface area contributed by atoms with Gasteiger partial charge in [-0.2, -0.15) is 15.8 Å². The molecule has 0 fully saturated rings. The first-order valence-electron chi connectivity index (χ1n) is 7.44. The van der Waals surface area contributed by atoms with Crippen molar-refractivity contribution in [1.29, 1.82) is 15.8 Å². The molecule has 7 heteroatoms. The number of rotatable bonds is 4. The number of hydrogen-bond acceptors (Lipinski definition) is 7. The minimum absolute atomic E-state index is 0.0829. The van der Waals surface area contributed by atoms with Gasteiger partial charge in [0.2, 0.25) is 0 Å². The average molecular weight is 354 g/mol. The molecule has 0 unspecified atom stereocenters. The smallest absolute Gasteiger partial charge is 0.163 e. The van der Waals surface area contributed by atoms with Crippen molar-refractivity contribution in [2.45, 2.75) is 0 Å². The van der Waals surface area contributed by atoms with Crippen LogP contribution >= 0.6 is 11.3 Å². The molecule has 0 saturated carbocycles. The summed E-state index contributed by atoms with van der Waals surface area (Å²) in [7, 11) is 0. The van der Waals surface area contributed by atoms with Crippen LogP contribution in [0.4, 0.5) is 5.69 Å². The van der Waals surface area contributed by atoms with Gasteiger partial charge in [-0.1, -0.05) is 18.2 Å². The zero-order valence-electron chi connectivity index (χ0n) is 13.3. The molecule has 0 aliphatic carbocycles. The zero-order chi connectivity index (χ0) is 18.4. The summed E-state index contributed by atoms with van der Waals surface area (Å²) >= 11 is 1.49. The van der Waals surface area contributed by atoms with E-state index in [1.54, 1.807) is 24.4 Å². The number of nitrogens with one attached hydrogen (secondary N) is 1. The molecule has 3 aromatic rings. The van der Waals surface area contributed by atoms with Crippen molar-refractivity contribution in [2.24, 2.45) is 0 Å². The minimum atomic E-state index is -0.260. The fourth-order valence-corrected chi connectivity index (χ4v) is 3.01. The van der Waals surface area contributed by atoms with E-state index in [4.69, 9.17) is 15.8 Å². The number of nitrogens with zero attached hydrogens (tertiary/aromatic N) is 5. The molecule has 0 radical (unpaired) electrons. The van der Waals surface area contributed by atoms with Crippen LogP contribution in [0, 0.1) is 34.0 Å². The average Bonchev–Trinajstić information content (AvgIpc) is 3.19. The second-order valence-electron chi connectivity index (χ2n) is 5.04. The summed E-state index contributed by atoms with van der Waals surface area (Å²) in [5, 5.41) is 32.5. The first-order valence-corrected chi connectivity index (χ1v) is 8.32. The van der Waals surface area contributed by atoms with E-state index >= 15 is 0 Å².